The number of nitrogens with zero attached hydrogens (tertiary/aromatic N) is 3. The third-order valence-electron chi connectivity index (χ3n) is 4.98. The fourth-order valence-corrected chi connectivity index (χ4v) is 4.44. The Hall–Kier alpha value is -3.50. The number of fused-ring (bicyclic) bond motifs is 1. The van der Waals surface area contributed by atoms with Gasteiger partial charge in [0, 0.05) is 36.7 Å². The van der Waals surface area contributed by atoms with E-state index in [-0.39, 0.29) is 18.4 Å². The van der Waals surface area contributed by atoms with Crippen molar-refractivity contribution in [3.63, 3.8) is 0 Å². The molecule has 166 valence electrons. The molecule has 0 saturated heterocycles. The highest BCUT2D eigenvalue weighted by Crippen LogP contribution is 2.30. The molecular weight excluding hydrogens is 430 g/mol. The predicted octanol–water partition coefficient (Wildman–Crippen LogP) is 2.80. The van der Waals surface area contributed by atoms with Gasteiger partial charge in [-0.15, -0.1) is 11.3 Å². The molecule has 3 aromatic rings. The third kappa shape index (κ3) is 5.04. The normalized spacial score (nSPS) is 13.2. The first-order valence-electron chi connectivity index (χ1n) is 10.0. The van der Waals surface area contributed by atoms with Crippen LogP contribution in [0.3, 0.4) is 0 Å². The molecule has 3 heterocycles. The van der Waals surface area contributed by atoms with Crippen molar-refractivity contribution in [3.8, 4) is 11.5 Å². The van der Waals surface area contributed by atoms with E-state index in [4.69, 9.17) is 9.47 Å². The van der Waals surface area contributed by atoms with Crippen LogP contribution in [0.4, 0.5) is 10.8 Å². The molecule has 1 aliphatic rings. The summed E-state index contributed by atoms with van der Waals surface area (Å²) in [5.74, 6) is 0.764. The van der Waals surface area contributed by atoms with Gasteiger partial charge in [-0.25, -0.2) is 4.98 Å². The predicted molar refractivity (Wildman–Crippen MR) is 121 cm³/mol. The maximum Gasteiger partial charge on any atom is 0.276 e. The molecule has 2 aromatic heterocycles. The third-order valence-corrected chi connectivity index (χ3v) is 5.98. The number of rotatable bonds is 7. The Kier molecular flexibility index (Phi) is 6.62. The molecule has 0 bridgehead atoms. The molecule has 0 radical (unpaired) electrons. The van der Waals surface area contributed by atoms with Crippen LogP contribution in [0.5, 0.6) is 11.5 Å². The quantitative estimate of drug-likeness (QED) is 0.567. The molecule has 2 amide bonds. The molecular formula is C22H23N5O4S. The maximum absolute atomic E-state index is 12.6. The van der Waals surface area contributed by atoms with Gasteiger partial charge in [0.15, 0.2) is 5.13 Å². The SMILES string of the molecule is COc1ccc(NC(=O)CN2CCc3nc(NC(=O)c4ccccn4)sc3C2)c(OC)c1. The minimum Gasteiger partial charge on any atom is -0.497 e. The van der Waals surface area contributed by atoms with Gasteiger partial charge in [-0.1, -0.05) is 6.07 Å². The molecule has 4 rings (SSSR count). The van der Waals surface area contributed by atoms with Crippen LogP contribution in [0, 0.1) is 0 Å². The second kappa shape index (κ2) is 9.75. The van der Waals surface area contributed by atoms with Crippen molar-refractivity contribution < 1.29 is 19.1 Å². The number of aromatic nitrogens is 2. The lowest BCUT2D eigenvalue weighted by atomic mass is 10.2. The number of benzene rings is 1. The van der Waals surface area contributed by atoms with Crippen molar-refractivity contribution in [1.29, 1.82) is 0 Å². The average molecular weight is 454 g/mol. The van der Waals surface area contributed by atoms with E-state index in [0.29, 0.717) is 47.5 Å². The summed E-state index contributed by atoms with van der Waals surface area (Å²) in [5, 5.41) is 6.25. The molecule has 1 aliphatic heterocycles. The van der Waals surface area contributed by atoms with E-state index in [1.165, 1.54) is 11.3 Å². The average Bonchev–Trinajstić information content (AvgIpc) is 3.21. The van der Waals surface area contributed by atoms with Crippen LogP contribution in [-0.2, 0) is 17.8 Å². The van der Waals surface area contributed by atoms with Crippen molar-refractivity contribution in [1.82, 2.24) is 14.9 Å². The van der Waals surface area contributed by atoms with Gasteiger partial charge in [0.2, 0.25) is 5.91 Å². The molecule has 10 heteroatoms. The van der Waals surface area contributed by atoms with Crippen molar-refractivity contribution in [2.24, 2.45) is 0 Å². The number of carbonyl (C=O) groups excluding carboxylic acids is 2. The van der Waals surface area contributed by atoms with Crippen molar-refractivity contribution in [2.75, 3.05) is 37.9 Å². The number of thiazole rings is 1. The summed E-state index contributed by atoms with van der Waals surface area (Å²) in [6, 6.07) is 10.4. The van der Waals surface area contributed by atoms with E-state index in [1.54, 1.807) is 56.8 Å². The standard InChI is InChI=1S/C22H23N5O4S/c1-30-14-6-7-15(18(11-14)31-2)24-20(28)13-27-10-8-16-19(12-27)32-22(25-16)26-21(29)17-5-3-4-9-23-17/h3-7,9,11H,8,10,12-13H2,1-2H3,(H,24,28)(H,25,26,29). The van der Waals surface area contributed by atoms with E-state index in [9.17, 15) is 9.59 Å². The van der Waals surface area contributed by atoms with Crippen LogP contribution in [0.1, 0.15) is 21.1 Å². The van der Waals surface area contributed by atoms with Gasteiger partial charge in [0.1, 0.15) is 17.2 Å². The summed E-state index contributed by atoms with van der Waals surface area (Å²) in [4.78, 5) is 36.6. The second-order valence-corrected chi connectivity index (χ2v) is 8.22. The lowest BCUT2D eigenvalue weighted by Crippen LogP contribution is -2.36. The zero-order valence-corrected chi connectivity index (χ0v) is 18.6. The first kappa shape index (κ1) is 21.7. The van der Waals surface area contributed by atoms with E-state index < -0.39 is 0 Å². The zero-order valence-electron chi connectivity index (χ0n) is 17.8. The lowest BCUT2D eigenvalue weighted by molar-refractivity contribution is -0.117. The number of hydrogen-bond acceptors (Lipinski definition) is 8. The summed E-state index contributed by atoms with van der Waals surface area (Å²) >= 11 is 1.43. The maximum atomic E-state index is 12.6. The van der Waals surface area contributed by atoms with E-state index in [2.05, 4.69) is 25.5 Å². The Morgan fingerprint density at radius 3 is 2.78 bits per heavy atom. The smallest absolute Gasteiger partial charge is 0.276 e. The molecule has 2 N–H and O–H groups in total. The number of carbonyl (C=O) groups is 2. The molecule has 0 fully saturated rings. The summed E-state index contributed by atoms with van der Waals surface area (Å²) in [6.45, 7) is 1.54. The van der Waals surface area contributed by atoms with Gasteiger partial charge in [-0.3, -0.25) is 24.8 Å². The van der Waals surface area contributed by atoms with Gasteiger partial charge >= 0.3 is 0 Å². The van der Waals surface area contributed by atoms with Gasteiger partial charge < -0.3 is 14.8 Å². The van der Waals surface area contributed by atoms with Crippen molar-refractivity contribution >= 4 is 34.0 Å². The van der Waals surface area contributed by atoms with Crippen LogP contribution < -0.4 is 20.1 Å². The first-order valence-corrected chi connectivity index (χ1v) is 10.8. The molecule has 0 saturated carbocycles. The Bertz CT molecular complexity index is 1120. The molecule has 1 aromatic carbocycles. The Labute approximate surface area is 189 Å². The Balaban J connectivity index is 1.35. The number of nitrogens with one attached hydrogen (secondary N) is 2. The summed E-state index contributed by atoms with van der Waals surface area (Å²) < 4.78 is 10.5. The van der Waals surface area contributed by atoms with Crippen LogP contribution in [-0.4, -0.2) is 54.0 Å². The highest BCUT2D eigenvalue weighted by atomic mass is 32.1. The summed E-state index contributed by atoms with van der Waals surface area (Å²) in [6.07, 6.45) is 2.29. The second-order valence-electron chi connectivity index (χ2n) is 7.13. The Morgan fingerprint density at radius 2 is 2.03 bits per heavy atom. The van der Waals surface area contributed by atoms with Crippen molar-refractivity contribution in [2.45, 2.75) is 13.0 Å². The van der Waals surface area contributed by atoms with Gasteiger partial charge in [-0.2, -0.15) is 0 Å². The number of anilines is 2. The van der Waals surface area contributed by atoms with Crippen LogP contribution in [0.25, 0.3) is 0 Å². The van der Waals surface area contributed by atoms with Crippen LogP contribution in [0.2, 0.25) is 0 Å². The van der Waals surface area contributed by atoms with Crippen LogP contribution >= 0.6 is 11.3 Å². The molecule has 32 heavy (non-hydrogen) atoms. The van der Waals surface area contributed by atoms with Gasteiger partial charge in [-0.05, 0) is 24.3 Å². The zero-order chi connectivity index (χ0) is 22.5. The monoisotopic (exact) mass is 453 g/mol. The minimum atomic E-state index is -0.290. The molecule has 0 unspecified atom stereocenters. The van der Waals surface area contributed by atoms with E-state index >= 15 is 0 Å². The van der Waals surface area contributed by atoms with Gasteiger partial charge in [0.05, 0.1) is 32.1 Å². The Morgan fingerprint density at radius 1 is 1.16 bits per heavy atom. The number of methoxy groups -OCH3 is 2. The fourth-order valence-electron chi connectivity index (χ4n) is 3.39. The first-order chi connectivity index (χ1) is 15.6. The summed E-state index contributed by atoms with van der Waals surface area (Å²) in [7, 11) is 3.12. The summed E-state index contributed by atoms with van der Waals surface area (Å²) in [5.41, 5.74) is 1.89. The highest BCUT2D eigenvalue weighted by molar-refractivity contribution is 7.15. The van der Waals surface area contributed by atoms with E-state index in [1.807, 2.05) is 0 Å². The number of pyridine rings is 1. The lowest BCUT2D eigenvalue weighted by Gasteiger charge is -2.25. The largest absolute Gasteiger partial charge is 0.497 e. The van der Waals surface area contributed by atoms with Gasteiger partial charge in [0.25, 0.3) is 5.91 Å². The number of ether oxygens (including phenoxy) is 2. The molecule has 0 aliphatic carbocycles. The van der Waals surface area contributed by atoms with Crippen LogP contribution in [0.15, 0.2) is 42.6 Å². The highest BCUT2D eigenvalue weighted by Gasteiger charge is 2.23. The number of hydrogen-bond donors (Lipinski definition) is 2. The van der Waals surface area contributed by atoms with Crippen molar-refractivity contribution in [3.05, 3.63) is 58.9 Å². The number of amides is 2. The molecule has 0 spiro atoms. The fraction of sp³-hybridized carbons (Fsp3) is 0.273. The minimum absolute atomic E-state index is 0.134. The molecule has 9 nitrogen and oxygen atoms in total. The van der Waals surface area contributed by atoms with E-state index in [0.717, 1.165) is 10.6 Å². The topological polar surface area (TPSA) is 106 Å². The molecule has 0 atom stereocenters.